The molecule has 1 aliphatic carbocycles. The lowest BCUT2D eigenvalue weighted by atomic mass is 10.0. The summed E-state index contributed by atoms with van der Waals surface area (Å²) in [6.07, 6.45) is 6.36. The Bertz CT molecular complexity index is 907. The van der Waals surface area contributed by atoms with Gasteiger partial charge in [0.05, 0.1) is 0 Å². The van der Waals surface area contributed by atoms with Gasteiger partial charge in [0, 0.05) is 41.3 Å². The maximum absolute atomic E-state index is 14.4. The van der Waals surface area contributed by atoms with Crippen molar-refractivity contribution in [3.05, 3.63) is 60.0 Å². The third kappa shape index (κ3) is 2.93. The summed E-state index contributed by atoms with van der Waals surface area (Å²) >= 11 is 0. The number of fused-ring (bicyclic) bond motifs is 1. The van der Waals surface area contributed by atoms with Crippen molar-refractivity contribution >= 4 is 16.8 Å². The highest BCUT2D eigenvalue weighted by Gasteiger charge is 2.24. The Labute approximate surface area is 146 Å². The summed E-state index contributed by atoms with van der Waals surface area (Å²) in [5.74, 6) is -0.225. The lowest BCUT2D eigenvalue weighted by molar-refractivity contribution is 0.0735. The van der Waals surface area contributed by atoms with Crippen molar-refractivity contribution < 1.29 is 9.18 Å². The third-order valence-corrected chi connectivity index (χ3v) is 5.28. The number of carbonyl (C=O) groups excluding carboxylic acids is 1. The number of aromatic amines is 1. The Morgan fingerprint density at radius 2 is 1.84 bits per heavy atom. The first kappa shape index (κ1) is 15.9. The molecule has 3 aromatic rings. The van der Waals surface area contributed by atoms with Crippen molar-refractivity contribution in [2.45, 2.75) is 31.7 Å². The molecule has 3 nitrogen and oxygen atoms in total. The minimum Gasteiger partial charge on any atom is -0.361 e. The van der Waals surface area contributed by atoms with Crippen LogP contribution < -0.4 is 0 Å². The number of benzene rings is 2. The first-order valence-corrected chi connectivity index (χ1v) is 8.78. The number of hydrogen-bond acceptors (Lipinski definition) is 1. The van der Waals surface area contributed by atoms with Crippen LogP contribution in [0.4, 0.5) is 4.39 Å². The van der Waals surface area contributed by atoms with Gasteiger partial charge in [0.15, 0.2) is 0 Å². The van der Waals surface area contributed by atoms with Gasteiger partial charge in [-0.05, 0) is 48.7 Å². The van der Waals surface area contributed by atoms with Gasteiger partial charge >= 0.3 is 0 Å². The van der Waals surface area contributed by atoms with Crippen LogP contribution in [0.1, 0.15) is 36.0 Å². The summed E-state index contributed by atoms with van der Waals surface area (Å²) < 4.78 is 14.4. The van der Waals surface area contributed by atoms with Crippen molar-refractivity contribution in [3.8, 4) is 11.1 Å². The van der Waals surface area contributed by atoms with E-state index in [1.165, 1.54) is 18.9 Å². The van der Waals surface area contributed by atoms with Crippen molar-refractivity contribution in [1.29, 1.82) is 0 Å². The van der Waals surface area contributed by atoms with Gasteiger partial charge in [-0.1, -0.05) is 25.0 Å². The normalized spacial score (nSPS) is 15.0. The van der Waals surface area contributed by atoms with Crippen LogP contribution in [0.5, 0.6) is 0 Å². The second-order valence-electron chi connectivity index (χ2n) is 6.83. The maximum atomic E-state index is 14.4. The van der Waals surface area contributed by atoms with E-state index in [-0.39, 0.29) is 11.7 Å². The molecule has 1 fully saturated rings. The fourth-order valence-electron chi connectivity index (χ4n) is 3.75. The Kier molecular flexibility index (Phi) is 4.04. The van der Waals surface area contributed by atoms with Gasteiger partial charge in [-0.15, -0.1) is 0 Å². The molecule has 0 unspecified atom stereocenters. The molecule has 1 saturated carbocycles. The van der Waals surface area contributed by atoms with Crippen LogP contribution in [0.15, 0.2) is 48.7 Å². The smallest absolute Gasteiger partial charge is 0.253 e. The number of nitrogens with one attached hydrogen (secondary N) is 1. The van der Waals surface area contributed by atoms with E-state index in [0.29, 0.717) is 17.2 Å². The number of amides is 1. The van der Waals surface area contributed by atoms with Gasteiger partial charge in [-0.2, -0.15) is 0 Å². The van der Waals surface area contributed by atoms with Crippen LogP contribution in [0.3, 0.4) is 0 Å². The van der Waals surface area contributed by atoms with Gasteiger partial charge in [0.1, 0.15) is 5.82 Å². The molecule has 0 aliphatic heterocycles. The molecule has 1 amide bonds. The van der Waals surface area contributed by atoms with Crippen LogP contribution in [0.2, 0.25) is 0 Å². The van der Waals surface area contributed by atoms with Crippen molar-refractivity contribution in [2.24, 2.45) is 0 Å². The predicted molar refractivity (Wildman–Crippen MR) is 98.0 cm³/mol. The van der Waals surface area contributed by atoms with E-state index in [1.54, 1.807) is 18.3 Å². The molecule has 1 N–H and O–H groups in total. The molecule has 1 aliphatic rings. The van der Waals surface area contributed by atoms with Crippen LogP contribution in [0.25, 0.3) is 22.0 Å². The number of H-pyrrole nitrogens is 1. The first-order chi connectivity index (χ1) is 12.1. The molecule has 0 atom stereocenters. The third-order valence-electron chi connectivity index (χ3n) is 5.28. The van der Waals surface area contributed by atoms with Crippen molar-refractivity contribution in [3.63, 3.8) is 0 Å². The molecule has 4 rings (SSSR count). The lowest BCUT2D eigenvalue weighted by Gasteiger charge is -2.24. The van der Waals surface area contributed by atoms with E-state index in [0.717, 1.165) is 29.3 Å². The quantitative estimate of drug-likeness (QED) is 0.719. The first-order valence-electron chi connectivity index (χ1n) is 8.78. The van der Waals surface area contributed by atoms with Crippen molar-refractivity contribution in [1.82, 2.24) is 9.88 Å². The molecule has 0 bridgehead atoms. The number of hydrogen-bond donors (Lipinski definition) is 1. The van der Waals surface area contributed by atoms with Crippen molar-refractivity contribution in [2.75, 3.05) is 7.05 Å². The molecular formula is C21H21FN2O. The molecule has 1 aromatic heterocycles. The Morgan fingerprint density at radius 3 is 2.56 bits per heavy atom. The molecule has 25 heavy (non-hydrogen) atoms. The van der Waals surface area contributed by atoms with E-state index in [1.807, 2.05) is 36.2 Å². The van der Waals surface area contributed by atoms with Crippen LogP contribution in [-0.4, -0.2) is 28.9 Å². The highest BCUT2D eigenvalue weighted by atomic mass is 19.1. The fraction of sp³-hybridized carbons (Fsp3) is 0.286. The molecule has 0 spiro atoms. The summed E-state index contributed by atoms with van der Waals surface area (Å²) in [6.45, 7) is 0. The lowest BCUT2D eigenvalue weighted by Crippen LogP contribution is -2.35. The standard InChI is InChI=1S/C21H21FN2O/c1-24(17-4-2-3-5-17)21(25)15-8-6-14(7-9-15)18-12-16-10-11-23-20(16)13-19(18)22/h6-13,17,23H,2-5H2,1H3. The summed E-state index contributed by atoms with van der Waals surface area (Å²) in [5, 5.41) is 0.970. The summed E-state index contributed by atoms with van der Waals surface area (Å²) in [5.41, 5.74) is 2.77. The molecule has 0 saturated heterocycles. The maximum Gasteiger partial charge on any atom is 0.253 e. The van der Waals surface area contributed by atoms with Gasteiger partial charge in [0.25, 0.3) is 5.91 Å². The van der Waals surface area contributed by atoms with Gasteiger partial charge in [-0.3, -0.25) is 4.79 Å². The zero-order chi connectivity index (χ0) is 17.4. The van der Waals surface area contributed by atoms with E-state index < -0.39 is 0 Å². The van der Waals surface area contributed by atoms with E-state index in [4.69, 9.17) is 0 Å². The molecule has 1 heterocycles. The van der Waals surface area contributed by atoms with Crippen LogP contribution in [-0.2, 0) is 0 Å². The minimum atomic E-state index is -0.267. The Hall–Kier alpha value is -2.62. The van der Waals surface area contributed by atoms with Gasteiger partial charge < -0.3 is 9.88 Å². The minimum absolute atomic E-state index is 0.0417. The number of nitrogens with zero attached hydrogens (tertiary/aromatic N) is 1. The molecule has 2 aromatic carbocycles. The molecule has 0 radical (unpaired) electrons. The largest absolute Gasteiger partial charge is 0.361 e. The topological polar surface area (TPSA) is 36.1 Å². The van der Waals surface area contributed by atoms with Crippen LogP contribution >= 0.6 is 0 Å². The SMILES string of the molecule is CN(C(=O)c1ccc(-c2cc3cc[nH]c3cc2F)cc1)C1CCCC1. The van der Waals surface area contributed by atoms with Crippen LogP contribution in [0, 0.1) is 5.82 Å². The van der Waals surface area contributed by atoms with Gasteiger partial charge in [-0.25, -0.2) is 4.39 Å². The molecular weight excluding hydrogens is 315 g/mol. The van der Waals surface area contributed by atoms with Gasteiger partial charge in [0.2, 0.25) is 0 Å². The highest BCUT2D eigenvalue weighted by Crippen LogP contribution is 2.28. The monoisotopic (exact) mass is 336 g/mol. The van der Waals surface area contributed by atoms with E-state index >= 15 is 0 Å². The molecule has 128 valence electrons. The second-order valence-corrected chi connectivity index (χ2v) is 6.83. The second kappa shape index (κ2) is 6.36. The number of halogens is 1. The highest BCUT2D eigenvalue weighted by molar-refractivity contribution is 5.95. The summed E-state index contributed by atoms with van der Waals surface area (Å²) in [7, 11) is 1.88. The number of aromatic nitrogens is 1. The number of rotatable bonds is 3. The summed E-state index contributed by atoms with van der Waals surface area (Å²) in [4.78, 5) is 17.5. The van der Waals surface area contributed by atoms with E-state index in [2.05, 4.69) is 4.98 Å². The fourth-order valence-corrected chi connectivity index (χ4v) is 3.75. The zero-order valence-corrected chi connectivity index (χ0v) is 14.3. The average molecular weight is 336 g/mol. The van der Waals surface area contributed by atoms with E-state index in [9.17, 15) is 9.18 Å². The average Bonchev–Trinajstić information content (AvgIpc) is 3.31. The predicted octanol–water partition coefficient (Wildman–Crippen LogP) is 4.99. The Morgan fingerprint density at radius 1 is 1.12 bits per heavy atom. The Balaban J connectivity index is 1.60. The number of carbonyl (C=O) groups is 1. The zero-order valence-electron chi connectivity index (χ0n) is 14.3. The summed E-state index contributed by atoms with van der Waals surface area (Å²) in [6, 6.07) is 12.9. The molecule has 4 heteroatoms.